The molecule has 0 aliphatic carbocycles. The molecule has 1 aromatic carbocycles. The number of para-hydroxylation sites is 1. The van der Waals surface area contributed by atoms with Gasteiger partial charge in [-0.25, -0.2) is 14.6 Å². The molecule has 0 saturated heterocycles. The monoisotopic (exact) mass is 343 g/mol. The SMILES string of the molecule is CC(C)(OC(=O)O)C(OC(=O)O)Sc1nc2ccccc2s1. The molecule has 9 heteroatoms. The summed E-state index contributed by atoms with van der Waals surface area (Å²) in [5.41, 5.74) is -1.67. The van der Waals surface area contributed by atoms with Crippen LogP contribution in [0.25, 0.3) is 10.2 Å². The Morgan fingerprint density at radius 1 is 1.27 bits per heavy atom. The molecule has 2 aromatic rings. The van der Waals surface area contributed by atoms with Gasteiger partial charge in [0.1, 0.15) is 0 Å². The number of hydrogen-bond donors (Lipinski definition) is 2. The van der Waals surface area contributed by atoms with Crippen molar-refractivity contribution >= 4 is 45.6 Å². The number of thioether (sulfide) groups is 1. The number of fused-ring (bicyclic) bond motifs is 1. The number of aromatic nitrogens is 1. The predicted octanol–water partition coefficient (Wildman–Crippen LogP) is 3.88. The summed E-state index contributed by atoms with van der Waals surface area (Å²) in [6.07, 6.45) is -3.02. The van der Waals surface area contributed by atoms with E-state index in [0.29, 0.717) is 4.34 Å². The first-order valence-electron chi connectivity index (χ1n) is 6.11. The van der Waals surface area contributed by atoms with Gasteiger partial charge in [-0.05, 0) is 37.7 Å². The fourth-order valence-electron chi connectivity index (χ4n) is 1.67. The van der Waals surface area contributed by atoms with Crippen LogP contribution in [0.2, 0.25) is 0 Å². The van der Waals surface area contributed by atoms with Crippen LogP contribution < -0.4 is 0 Å². The van der Waals surface area contributed by atoms with Crippen LogP contribution in [0.4, 0.5) is 9.59 Å². The summed E-state index contributed by atoms with van der Waals surface area (Å²) in [6, 6.07) is 7.45. The lowest BCUT2D eigenvalue weighted by Crippen LogP contribution is -2.41. The molecule has 1 heterocycles. The quantitative estimate of drug-likeness (QED) is 0.478. The van der Waals surface area contributed by atoms with Crippen molar-refractivity contribution in [2.24, 2.45) is 0 Å². The molecule has 118 valence electrons. The molecular formula is C13H13NO6S2. The van der Waals surface area contributed by atoms with Gasteiger partial charge in [-0.1, -0.05) is 12.1 Å². The van der Waals surface area contributed by atoms with Gasteiger partial charge in [0, 0.05) is 0 Å². The van der Waals surface area contributed by atoms with Crippen molar-refractivity contribution in [2.45, 2.75) is 29.2 Å². The summed E-state index contributed by atoms with van der Waals surface area (Å²) in [7, 11) is 0. The molecule has 1 unspecified atom stereocenters. The van der Waals surface area contributed by atoms with Crippen LogP contribution in [0.15, 0.2) is 28.6 Å². The first kappa shape index (κ1) is 16.4. The minimum Gasteiger partial charge on any atom is -0.450 e. The van der Waals surface area contributed by atoms with E-state index in [9.17, 15) is 9.59 Å². The average molecular weight is 343 g/mol. The topological polar surface area (TPSA) is 106 Å². The van der Waals surface area contributed by atoms with Gasteiger partial charge in [0.15, 0.2) is 15.4 Å². The fraction of sp³-hybridized carbons (Fsp3) is 0.308. The third kappa shape index (κ3) is 4.01. The lowest BCUT2D eigenvalue weighted by Gasteiger charge is -2.30. The van der Waals surface area contributed by atoms with Gasteiger partial charge in [-0.15, -0.1) is 11.3 Å². The minimum atomic E-state index is -1.51. The lowest BCUT2D eigenvalue weighted by atomic mass is 10.1. The second-order valence-electron chi connectivity index (χ2n) is 4.75. The van der Waals surface area contributed by atoms with Crippen LogP contribution in [-0.4, -0.2) is 38.5 Å². The van der Waals surface area contributed by atoms with Gasteiger partial charge in [0.25, 0.3) is 0 Å². The smallest absolute Gasteiger partial charge is 0.450 e. The molecule has 22 heavy (non-hydrogen) atoms. The van der Waals surface area contributed by atoms with E-state index in [0.717, 1.165) is 22.0 Å². The van der Waals surface area contributed by atoms with Crippen molar-refractivity contribution < 1.29 is 29.3 Å². The summed E-state index contributed by atoms with van der Waals surface area (Å²) >= 11 is 2.37. The van der Waals surface area contributed by atoms with E-state index >= 15 is 0 Å². The fourth-order valence-corrected chi connectivity index (χ4v) is 3.88. The molecule has 0 radical (unpaired) electrons. The Labute approximate surface area is 133 Å². The highest BCUT2D eigenvalue weighted by Crippen LogP contribution is 2.37. The summed E-state index contributed by atoms with van der Waals surface area (Å²) in [5, 5.41) is 17.6. The lowest BCUT2D eigenvalue weighted by molar-refractivity contribution is -0.0547. The molecule has 0 aliphatic rings. The number of thiazole rings is 1. The third-order valence-corrected chi connectivity index (χ3v) is 5.15. The molecule has 0 bridgehead atoms. The molecule has 0 amide bonds. The first-order chi connectivity index (χ1) is 10.3. The Balaban J connectivity index is 2.25. The van der Waals surface area contributed by atoms with Crippen molar-refractivity contribution in [1.29, 1.82) is 0 Å². The molecule has 1 atom stereocenters. The highest BCUT2D eigenvalue weighted by molar-refractivity contribution is 8.01. The van der Waals surface area contributed by atoms with Gasteiger partial charge < -0.3 is 19.7 Å². The molecule has 2 rings (SSSR count). The molecule has 2 N–H and O–H groups in total. The van der Waals surface area contributed by atoms with Gasteiger partial charge in [0.05, 0.1) is 10.2 Å². The standard InChI is InChI=1S/C13H13NO6S2/c1-13(2,20-12(17)18)9(19-11(15)16)22-10-14-7-5-3-4-6-8(7)21-10/h3-6,9H,1-2H3,(H,15,16)(H,17,18). The second-order valence-corrected chi connectivity index (χ2v) is 7.09. The second kappa shape index (κ2) is 6.41. The molecule has 0 saturated carbocycles. The van der Waals surface area contributed by atoms with E-state index in [1.54, 1.807) is 0 Å². The number of hydrogen-bond acceptors (Lipinski definition) is 7. The van der Waals surface area contributed by atoms with Crippen LogP contribution in [-0.2, 0) is 9.47 Å². The zero-order valence-electron chi connectivity index (χ0n) is 11.7. The molecule has 0 fully saturated rings. The highest BCUT2D eigenvalue weighted by Gasteiger charge is 2.38. The van der Waals surface area contributed by atoms with Gasteiger partial charge in [0.2, 0.25) is 0 Å². The summed E-state index contributed by atoms with van der Waals surface area (Å²) in [5.74, 6) is 0. The minimum absolute atomic E-state index is 0.564. The maximum absolute atomic E-state index is 10.8. The Bertz CT molecular complexity index is 666. The molecular weight excluding hydrogens is 330 g/mol. The largest absolute Gasteiger partial charge is 0.507 e. The number of carboxylic acid groups (broad SMARTS) is 2. The Morgan fingerprint density at radius 2 is 1.95 bits per heavy atom. The van der Waals surface area contributed by atoms with Crippen LogP contribution in [0.3, 0.4) is 0 Å². The molecule has 0 spiro atoms. The van der Waals surface area contributed by atoms with E-state index < -0.39 is 23.3 Å². The van der Waals surface area contributed by atoms with E-state index in [1.807, 2.05) is 24.3 Å². The predicted molar refractivity (Wildman–Crippen MR) is 81.6 cm³/mol. The van der Waals surface area contributed by atoms with Gasteiger partial charge in [-0.2, -0.15) is 0 Å². The normalized spacial score (nSPS) is 12.8. The summed E-state index contributed by atoms with van der Waals surface area (Å²) < 4.78 is 11.0. The molecule has 7 nitrogen and oxygen atoms in total. The van der Waals surface area contributed by atoms with Crippen LogP contribution in [0.5, 0.6) is 0 Å². The third-order valence-electron chi connectivity index (χ3n) is 2.61. The summed E-state index contributed by atoms with van der Waals surface area (Å²) in [6.45, 7) is 2.88. The number of carbonyl (C=O) groups is 2. The average Bonchev–Trinajstić information content (AvgIpc) is 2.78. The van der Waals surface area contributed by atoms with Crippen molar-refractivity contribution in [1.82, 2.24) is 4.98 Å². The van der Waals surface area contributed by atoms with E-state index in [2.05, 4.69) is 4.98 Å². The Kier molecular flexibility index (Phi) is 4.77. The van der Waals surface area contributed by atoms with E-state index in [4.69, 9.17) is 19.7 Å². The van der Waals surface area contributed by atoms with Crippen molar-refractivity contribution in [3.63, 3.8) is 0 Å². The number of ether oxygens (including phenoxy) is 2. The molecule has 0 aliphatic heterocycles. The van der Waals surface area contributed by atoms with Gasteiger partial charge in [-0.3, -0.25) is 0 Å². The van der Waals surface area contributed by atoms with Crippen molar-refractivity contribution in [3.05, 3.63) is 24.3 Å². The number of nitrogens with zero attached hydrogens (tertiary/aromatic N) is 1. The maximum Gasteiger partial charge on any atom is 0.507 e. The Hall–Kier alpha value is -2.00. The van der Waals surface area contributed by atoms with Crippen LogP contribution >= 0.6 is 23.1 Å². The Morgan fingerprint density at radius 3 is 2.55 bits per heavy atom. The van der Waals surface area contributed by atoms with Crippen molar-refractivity contribution in [3.8, 4) is 0 Å². The maximum atomic E-state index is 10.8. The van der Waals surface area contributed by atoms with E-state index in [1.165, 1.54) is 25.2 Å². The number of benzene rings is 1. The van der Waals surface area contributed by atoms with Crippen LogP contribution in [0, 0.1) is 0 Å². The highest BCUT2D eigenvalue weighted by atomic mass is 32.2. The zero-order chi connectivity index (χ0) is 16.3. The molecule has 1 aromatic heterocycles. The first-order valence-corrected chi connectivity index (χ1v) is 7.81. The van der Waals surface area contributed by atoms with E-state index in [-0.39, 0.29) is 0 Å². The van der Waals surface area contributed by atoms with Gasteiger partial charge >= 0.3 is 12.3 Å². The van der Waals surface area contributed by atoms with Crippen LogP contribution in [0.1, 0.15) is 13.8 Å². The zero-order valence-corrected chi connectivity index (χ0v) is 13.3. The summed E-state index contributed by atoms with van der Waals surface area (Å²) in [4.78, 5) is 26.0. The van der Waals surface area contributed by atoms with Crippen molar-refractivity contribution in [2.75, 3.05) is 0 Å². The number of rotatable bonds is 5.